The Kier molecular flexibility index (Phi) is 6.45. The molecule has 1 aliphatic carbocycles. The number of likely N-dealkylation sites (tertiary alicyclic amines) is 1. The number of H-pyrrole nitrogens is 1. The molecule has 0 bridgehead atoms. The first-order chi connectivity index (χ1) is 14.6. The molecule has 1 aliphatic heterocycles. The average molecular weight is 411 g/mol. The van der Waals surface area contributed by atoms with Crippen LogP contribution in [0.1, 0.15) is 51.1 Å². The van der Waals surface area contributed by atoms with E-state index in [4.69, 9.17) is 4.74 Å². The van der Waals surface area contributed by atoms with Crippen LogP contribution in [0.25, 0.3) is 11.4 Å². The van der Waals surface area contributed by atoms with E-state index < -0.39 is 0 Å². The van der Waals surface area contributed by atoms with E-state index in [2.05, 4.69) is 22.1 Å². The highest BCUT2D eigenvalue weighted by Crippen LogP contribution is 2.27. The third-order valence-corrected chi connectivity index (χ3v) is 6.31. The lowest BCUT2D eigenvalue weighted by atomic mass is 9.86. The standard InChI is InChI=1S/C23H30N4O3/c1-16-11-13-27(14-12-16)21(28)10-9-20-23(29)24-22(26-25-20)18-5-7-19(8-6-18)30-15-17-3-2-4-17/h5-8,16-17H,2-4,9-15H2,1H3,(H,24,26,29). The highest BCUT2D eigenvalue weighted by molar-refractivity contribution is 5.76. The van der Waals surface area contributed by atoms with Gasteiger partial charge in [-0.05, 0) is 61.8 Å². The molecule has 1 aromatic carbocycles. The average Bonchev–Trinajstić information content (AvgIpc) is 2.72. The van der Waals surface area contributed by atoms with Crippen molar-refractivity contribution in [2.45, 2.75) is 51.9 Å². The minimum absolute atomic E-state index is 0.0877. The van der Waals surface area contributed by atoms with Gasteiger partial charge in [0.1, 0.15) is 11.4 Å². The minimum atomic E-state index is -0.287. The summed E-state index contributed by atoms with van der Waals surface area (Å²) in [7, 11) is 0. The number of nitrogens with zero attached hydrogens (tertiary/aromatic N) is 3. The molecule has 2 aromatic rings. The maximum absolute atomic E-state index is 12.4. The van der Waals surface area contributed by atoms with Gasteiger partial charge in [0.05, 0.1) is 6.61 Å². The molecule has 0 radical (unpaired) electrons. The van der Waals surface area contributed by atoms with Gasteiger partial charge in [-0.1, -0.05) is 13.3 Å². The molecule has 4 rings (SSSR count). The molecule has 160 valence electrons. The van der Waals surface area contributed by atoms with Crippen molar-refractivity contribution in [1.82, 2.24) is 20.1 Å². The third kappa shape index (κ3) is 5.07. The highest BCUT2D eigenvalue weighted by Gasteiger charge is 2.21. The minimum Gasteiger partial charge on any atom is -0.493 e. The topological polar surface area (TPSA) is 88.2 Å². The summed E-state index contributed by atoms with van der Waals surface area (Å²) in [5.74, 6) is 2.70. The van der Waals surface area contributed by atoms with Gasteiger partial charge in [0.15, 0.2) is 5.82 Å². The van der Waals surface area contributed by atoms with E-state index in [0.717, 1.165) is 43.9 Å². The fourth-order valence-electron chi connectivity index (χ4n) is 3.88. The summed E-state index contributed by atoms with van der Waals surface area (Å²) in [4.78, 5) is 29.5. The number of hydrogen-bond acceptors (Lipinski definition) is 5. The first-order valence-corrected chi connectivity index (χ1v) is 11.1. The number of nitrogens with one attached hydrogen (secondary N) is 1. The lowest BCUT2D eigenvalue weighted by Crippen LogP contribution is -2.38. The van der Waals surface area contributed by atoms with Gasteiger partial charge in [0.25, 0.3) is 5.56 Å². The first kappa shape index (κ1) is 20.6. The van der Waals surface area contributed by atoms with Crippen molar-refractivity contribution < 1.29 is 9.53 Å². The van der Waals surface area contributed by atoms with E-state index >= 15 is 0 Å². The molecule has 1 saturated heterocycles. The van der Waals surface area contributed by atoms with Crippen molar-refractivity contribution in [2.24, 2.45) is 11.8 Å². The van der Waals surface area contributed by atoms with E-state index in [1.165, 1.54) is 19.3 Å². The zero-order chi connectivity index (χ0) is 20.9. The van der Waals surface area contributed by atoms with Crippen LogP contribution in [0.5, 0.6) is 5.75 Å². The molecule has 2 heterocycles. The fourth-order valence-corrected chi connectivity index (χ4v) is 3.88. The molecule has 0 spiro atoms. The van der Waals surface area contributed by atoms with Crippen LogP contribution < -0.4 is 10.3 Å². The molecule has 1 amide bonds. The van der Waals surface area contributed by atoms with Crippen LogP contribution >= 0.6 is 0 Å². The lowest BCUT2D eigenvalue weighted by molar-refractivity contribution is -0.132. The van der Waals surface area contributed by atoms with Gasteiger partial charge in [-0.15, -0.1) is 10.2 Å². The summed E-state index contributed by atoms with van der Waals surface area (Å²) < 4.78 is 5.81. The molecule has 0 atom stereocenters. The molecule has 1 N–H and O–H groups in total. The number of benzene rings is 1. The van der Waals surface area contributed by atoms with Gasteiger partial charge in [0, 0.05) is 31.5 Å². The van der Waals surface area contributed by atoms with Crippen LogP contribution in [0.3, 0.4) is 0 Å². The molecule has 0 unspecified atom stereocenters. The van der Waals surface area contributed by atoms with Gasteiger partial charge in [-0.25, -0.2) is 0 Å². The number of hydrogen-bond donors (Lipinski definition) is 1. The summed E-state index contributed by atoms with van der Waals surface area (Å²) in [5.41, 5.74) is 0.795. The number of ether oxygens (including phenoxy) is 1. The molecular weight excluding hydrogens is 380 g/mol. The summed E-state index contributed by atoms with van der Waals surface area (Å²) in [6.07, 6.45) is 6.51. The smallest absolute Gasteiger partial charge is 0.273 e. The molecule has 7 heteroatoms. The quantitative estimate of drug-likeness (QED) is 0.757. The van der Waals surface area contributed by atoms with Crippen LogP contribution in [-0.4, -0.2) is 45.7 Å². The molecule has 7 nitrogen and oxygen atoms in total. The number of aromatic nitrogens is 3. The Balaban J connectivity index is 1.32. The SMILES string of the molecule is CC1CCN(C(=O)CCc2nnc(-c3ccc(OCC4CCC4)cc3)[nH]c2=O)CC1. The Morgan fingerprint density at radius 3 is 2.50 bits per heavy atom. The van der Waals surface area contributed by atoms with Crippen molar-refractivity contribution in [2.75, 3.05) is 19.7 Å². The lowest BCUT2D eigenvalue weighted by Gasteiger charge is -2.30. The largest absolute Gasteiger partial charge is 0.493 e. The second kappa shape index (κ2) is 9.41. The van der Waals surface area contributed by atoms with Gasteiger partial charge >= 0.3 is 0 Å². The number of rotatable bonds is 7. The Morgan fingerprint density at radius 1 is 1.13 bits per heavy atom. The number of aryl methyl sites for hydroxylation is 1. The second-order valence-electron chi connectivity index (χ2n) is 8.65. The molecule has 1 saturated carbocycles. The van der Waals surface area contributed by atoms with Crippen LogP contribution in [0.15, 0.2) is 29.1 Å². The predicted molar refractivity (Wildman–Crippen MR) is 114 cm³/mol. The monoisotopic (exact) mass is 410 g/mol. The molecule has 30 heavy (non-hydrogen) atoms. The zero-order valence-corrected chi connectivity index (χ0v) is 17.6. The van der Waals surface area contributed by atoms with E-state index in [0.29, 0.717) is 36.2 Å². The zero-order valence-electron chi connectivity index (χ0n) is 17.6. The maximum atomic E-state index is 12.4. The molecular formula is C23H30N4O3. The number of aromatic amines is 1. The van der Waals surface area contributed by atoms with Crippen molar-refractivity contribution in [3.63, 3.8) is 0 Å². The summed E-state index contributed by atoms with van der Waals surface area (Å²) >= 11 is 0. The Hall–Kier alpha value is -2.70. The number of piperidine rings is 1. The van der Waals surface area contributed by atoms with Gasteiger partial charge in [-0.2, -0.15) is 0 Å². The van der Waals surface area contributed by atoms with Crippen molar-refractivity contribution in [3.05, 3.63) is 40.3 Å². The normalized spacial score (nSPS) is 17.6. The van der Waals surface area contributed by atoms with Gasteiger partial charge in [-0.3, -0.25) is 9.59 Å². The predicted octanol–water partition coefficient (Wildman–Crippen LogP) is 3.20. The summed E-state index contributed by atoms with van der Waals surface area (Å²) in [6.45, 7) is 4.59. The summed E-state index contributed by atoms with van der Waals surface area (Å²) in [6, 6.07) is 7.52. The van der Waals surface area contributed by atoms with Crippen molar-refractivity contribution in [1.29, 1.82) is 0 Å². The maximum Gasteiger partial charge on any atom is 0.273 e. The Morgan fingerprint density at radius 2 is 1.87 bits per heavy atom. The van der Waals surface area contributed by atoms with Crippen molar-refractivity contribution >= 4 is 5.91 Å². The van der Waals surface area contributed by atoms with Gasteiger partial charge in [0.2, 0.25) is 5.91 Å². The number of amides is 1. The fraction of sp³-hybridized carbons (Fsp3) is 0.565. The number of carbonyl (C=O) groups excluding carboxylic acids is 1. The third-order valence-electron chi connectivity index (χ3n) is 6.31. The number of carbonyl (C=O) groups is 1. The van der Waals surface area contributed by atoms with Crippen molar-refractivity contribution in [3.8, 4) is 17.1 Å². The molecule has 1 aromatic heterocycles. The first-order valence-electron chi connectivity index (χ1n) is 11.1. The summed E-state index contributed by atoms with van der Waals surface area (Å²) in [5, 5.41) is 8.25. The van der Waals surface area contributed by atoms with Crippen LogP contribution in [0.4, 0.5) is 0 Å². The van der Waals surface area contributed by atoms with E-state index in [-0.39, 0.29) is 11.5 Å². The van der Waals surface area contributed by atoms with Crippen LogP contribution in [-0.2, 0) is 11.2 Å². The Labute approximate surface area is 176 Å². The Bertz CT molecular complexity index is 913. The second-order valence-corrected chi connectivity index (χ2v) is 8.65. The highest BCUT2D eigenvalue weighted by atomic mass is 16.5. The van der Waals surface area contributed by atoms with E-state index in [9.17, 15) is 9.59 Å². The molecule has 2 fully saturated rings. The van der Waals surface area contributed by atoms with E-state index in [1.807, 2.05) is 29.2 Å². The van der Waals surface area contributed by atoms with Crippen LogP contribution in [0, 0.1) is 11.8 Å². The van der Waals surface area contributed by atoms with E-state index in [1.54, 1.807) is 0 Å². The molecule has 2 aliphatic rings. The van der Waals surface area contributed by atoms with Gasteiger partial charge < -0.3 is 14.6 Å². The van der Waals surface area contributed by atoms with Crippen LogP contribution in [0.2, 0.25) is 0 Å².